The van der Waals surface area contributed by atoms with E-state index in [-0.39, 0.29) is 11.9 Å². The fourth-order valence-electron chi connectivity index (χ4n) is 2.02. The van der Waals surface area contributed by atoms with Crippen molar-refractivity contribution in [1.29, 1.82) is 0 Å². The average Bonchev–Trinajstić information content (AvgIpc) is 2.97. The van der Waals surface area contributed by atoms with Crippen LogP contribution in [0.1, 0.15) is 30.1 Å². The first-order valence-electron chi connectivity index (χ1n) is 6.56. The number of hydrogen-bond donors (Lipinski definition) is 0. The topological polar surface area (TPSA) is 52.6 Å². The number of benzene rings is 1. The molecule has 2 atom stereocenters. The van der Waals surface area contributed by atoms with Gasteiger partial charge in [0, 0.05) is 19.1 Å². The van der Waals surface area contributed by atoms with Crippen molar-refractivity contribution in [2.75, 3.05) is 6.61 Å². The smallest absolute Gasteiger partial charge is 0.303 e. The highest BCUT2D eigenvalue weighted by atomic mass is 16.6. The van der Waals surface area contributed by atoms with Crippen molar-refractivity contribution >= 4 is 11.8 Å². The van der Waals surface area contributed by atoms with Crippen LogP contribution in [0.2, 0.25) is 0 Å². The summed E-state index contributed by atoms with van der Waals surface area (Å²) in [7, 11) is 0. The fourth-order valence-corrected chi connectivity index (χ4v) is 2.02. The van der Waals surface area contributed by atoms with Crippen LogP contribution in [-0.2, 0) is 14.3 Å². The van der Waals surface area contributed by atoms with Gasteiger partial charge in [0.2, 0.25) is 5.78 Å². The number of ketones is 1. The second-order valence-electron chi connectivity index (χ2n) is 4.55. The van der Waals surface area contributed by atoms with Crippen LogP contribution in [0, 0.1) is 11.8 Å². The van der Waals surface area contributed by atoms with Crippen LogP contribution in [-0.4, -0.2) is 30.6 Å². The molecule has 1 aliphatic heterocycles. The van der Waals surface area contributed by atoms with Gasteiger partial charge in [-0.25, -0.2) is 0 Å². The zero-order valence-electron chi connectivity index (χ0n) is 11.3. The van der Waals surface area contributed by atoms with Gasteiger partial charge in [-0.2, -0.15) is 0 Å². The molecule has 1 fully saturated rings. The number of esters is 1. The lowest BCUT2D eigenvalue weighted by Crippen LogP contribution is -2.29. The van der Waals surface area contributed by atoms with Gasteiger partial charge in [-0.1, -0.05) is 30.3 Å². The van der Waals surface area contributed by atoms with Crippen molar-refractivity contribution in [3.05, 3.63) is 35.9 Å². The standard InChI is InChI=1S/C16H16O4/c1-12(17)20-16(15-8-5-11-19-15)10-9-14(18)13-6-3-2-4-7-13/h2-4,6-7,15-16H,5,8,11H2,1H3/t15-,16-/m0/s1. The van der Waals surface area contributed by atoms with E-state index in [1.807, 2.05) is 6.07 Å². The molecular formula is C16H16O4. The number of ether oxygens (including phenoxy) is 2. The molecule has 1 aromatic carbocycles. The van der Waals surface area contributed by atoms with Crippen molar-refractivity contribution in [2.45, 2.75) is 32.0 Å². The third-order valence-electron chi connectivity index (χ3n) is 2.96. The van der Waals surface area contributed by atoms with E-state index in [0.29, 0.717) is 12.2 Å². The van der Waals surface area contributed by atoms with E-state index in [9.17, 15) is 9.59 Å². The number of Topliss-reactive ketones (excluding diaryl/α,β-unsaturated/α-hetero) is 1. The molecule has 4 heteroatoms. The molecule has 1 aliphatic rings. The molecule has 2 rings (SSSR count). The Kier molecular flexibility index (Phi) is 4.91. The zero-order valence-corrected chi connectivity index (χ0v) is 11.3. The van der Waals surface area contributed by atoms with E-state index >= 15 is 0 Å². The molecule has 0 radical (unpaired) electrons. The summed E-state index contributed by atoms with van der Waals surface area (Å²) < 4.78 is 10.6. The SMILES string of the molecule is CC(=O)O[C@@H](C#CC(=O)c1ccccc1)[C@@H]1CCCO1. The maximum absolute atomic E-state index is 11.9. The molecule has 0 amide bonds. The lowest BCUT2D eigenvalue weighted by Gasteiger charge is -2.17. The summed E-state index contributed by atoms with van der Waals surface area (Å²) in [5.74, 6) is 4.54. The highest BCUT2D eigenvalue weighted by molar-refractivity contribution is 6.09. The molecule has 0 saturated carbocycles. The minimum Gasteiger partial charge on any atom is -0.447 e. The average molecular weight is 272 g/mol. The van der Waals surface area contributed by atoms with Crippen LogP contribution in [0.3, 0.4) is 0 Å². The summed E-state index contributed by atoms with van der Waals surface area (Å²) >= 11 is 0. The van der Waals surface area contributed by atoms with Crippen molar-refractivity contribution in [2.24, 2.45) is 0 Å². The largest absolute Gasteiger partial charge is 0.447 e. The monoisotopic (exact) mass is 272 g/mol. The molecule has 0 N–H and O–H groups in total. The molecule has 0 bridgehead atoms. The molecule has 4 nitrogen and oxygen atoms in total. The Hall–Kier alpha value is -2.12. The maximum Gasteiger partial charge on any atom is 0.303 e. The Balaban J connectivity index is 2.09. The third kappa shape index (κ3) is 3.94. The number of hydrogen-bond acceptors (Lipinski definition) is 4. The van der Waals surface area contributed by atoms with Crippen LogP contribution >= 0.6 is 0 Å². The third-order valence-corrected chi connectivity index (χ3v) is 2.96. The number of carbonyl (C=O) groups is 2. The second-order valence-corrected chi connectivity index (χ2v) is 4.55. The zero-order chi connectivity index (χ0) is 14.4. The van der Waals surface area contributed by atoms with Crippen LogP contribution in [0.25, 0.3) is 0 Å². The lowest BCUT2D eigenvalue weighted by molar-refractivity contribution is -0.148. The molecule has 20 heavy (non-hydrogen) atoms. The normalized spacial score (nSPS) is 18.8. The summed E-state index contributed by atoms with van der Waals surface area (Å²) in [4.78, 5) is 23.0. The molecule has 1 heterocycles. The minimum absolute atomic E-state index is 0.241. The van der Waals surface area contributed by atoms with E-state index in [0.717, 1.165) is 12.8 Å². The summed E-state index contributed by atoms with van der Waals surface area (Å²) in [5, 5.41) is 0. The van der Waals surface area contributed by atoms with Crippen molar-refractivity contribution in [3.63, 3.8) is 0 Å². The van der Waals surface area contributed by atoms with Crippen LogP contribution in [0.15, 0.2) is 30.3 Å². The number of carbonyl (C=O) groups excluding carboxylic acids is 2. The molecule has 0 unspecified atom stereocenters. The molecule has 1 aromatic rings. The quantitative estimate of drug-likeness (QED) is 0.365. The van der Waals surface area contributed by atoms with E-state index in [2.05, 4.69) is 11.8 Å². The molecule has 0 spiro atoms. The van der Waals surface area contributed by atoms with Gasteiger partial charge in [0.25, 0.3) is 0 Å². The van der Waals surface area contributed by atoms with E-state index in [1.54, 1.807) is 24.3 Å². The van der Waals surface area contributed by atoms with Gasteiger partial charge in [-0.15, -0.1) is 0 Å². The summed E-state index contributed by atoms with van der Waals surface area (Å²) in [6.45, 7) is 1.96. The molecule has 104 valence electrons. The first kappa shape index (κ1) is 14.3. The Morgan fingerprint density at radius 2 is 2.10 bits per heavy atom. The Labute approximate surface area is 118 Å². The van der Waals surface area contributed by atoms with Gasteiger partial charge in [0.1, 0.15) is 6.10 Å². The Morgan fingerprint density at radius 3 is 2.70 bits per heavy atom. The van der Waals surface area contributed by atoms with E-state index in [4.69, 9.17) is 9.47 Å². The van der Waals surface area contributed by atoms with Crippen LogP contribution in [0.5, 0.6) is 0 Å². The predicted octanol–water partition coefficient (Wildman–Crippen LogP) is 1.98. The molecule has 0 aromatic heterocycles. The maximum atomic E-state index is 11.9. The van der Waals surface area contributed by atoms with Crippen LogP contribution < -0.4 is 0 Å². The van der Waals surface area contributed by atoms with Gasteiger partial charge in [0.15, 0.2) is 6.10 Å². The predicted molar refractivity (Wildman–Crippen MR) is 73.1 cm³/mol. The van der Waals surface area contributed by atoms with Gasteiger partial charge in [-0.05, 0) is 24.7 Å². The lowest BCUT2D eigenvalue weighted by atomic mass is 10.1. The molecule has 0 aliphatic carbocycles. The van der Waals surface area contributed by atoms with Crippen molar-refractivity contribution < 1.29 is 19.1 Å². The minimum atomic E-state index is -0.678. The summed E-state index contributed by atoms with van der Waals surface area (Å²) in [6, 6.07) is 8.78. The first-order valence-corrected chi connectivity index (χ1v) is 6.56. The summed E-state index contributed by atoms with van der Waals surface area (Å²) in [6.07, 6.45) is 0.778. The van der Waals surface area contributed by atoms with Crippen molar-refractivity contribution in [1.82, 2.24) is 0 Å². The van der Waals surface area contributed by atoms with Gasteiger partial charge in [0.05, 0.1) is 0 Å². The van der Waals surface area contributed by atoms with Gasteiger partial charge >= 0.3 is 5.97 Å². The number of rotatable bonds is 3. The van der Waals surface area contributed by atoms with Crippen LogP contribution in [0.4, 0.5) is 0 Å². The first-order chi connectivity index (χ1) is 9.66. The molecular weight excluding hydrogens is 256 g/mol. The Bertz CT molecular complexity index is 533. The van der Waals surface area contributed by atoms with Crippen molar-refractivity contribution in [3.8, 4) is 11.8 Å². The highest BCUT2D eigenvalue weighted by Crippen LogP contribution is 2.17. The highest BCUT2D eigenvalue weighted by Gasteiger charge is 2.27. The molecule has 1 saturated heterocycles. The summed E-state index contributed by atoms with van der Waals surface area (Å²) in [5.41, 5.74) is 0.522. The van der Waals surface area contributed by atoms with E-state index in [1.165, 1.54) is 6.92 Å². The fraction of sp³-hybridized carbons (Fsp3) is 0.375. The van der Waals surface area contributed by atoms with E-state index < -0.39 is 12.1 Å². The van der Waals surface area contributed by atoms with Gasteiger partial charge < -0.3 is 9.47 Å². The van der Waals surface area contributed by atoms with Gasteiger partial charge in [-0.3, -0.25) is 9.59 Å². The second kappa shape index (κ2) is 6.88. The Morgan fingerprint density at radius 1 is 1.35 bits per heavy atom.